The third-order valence-corrected chi connectivity index (χ3v) is 5.23. The summed E-state index contributed by atoms with van der Waals surface area (Å²) >= 11 is 0. The number of amides is 1. The molecule has 4 rings (SSSR count). The number of esters is 1. The smallest absolute Gasteiger partial charge is 0.312 e. The maximum absolute atomic E-state index is 13.0. The third-order valence-electron chi connectivity index (χ3n) is 5.23. The predicted octanol–water partition coefficient (Wildman–Crippen LogP) is 1.71. The SMILES string of the molecule is CCc1ccc(N2C[C@@]34C=C[C@@H](O3)C(C(=O)OC)[C@H]4C2=O)cc1. The Labute approximate surface area is 134 Å². The van der Waals surface area contributed by atoms with E-state index in [1.165, 1.54) is 12.7 Å². The summed E-state index contributed by atoms with van der Waals surface area (Å²) in [7, 11) is 1.35. The molecule has 2 bridgehead atoms. The van der Waals surface area contributed by atoms with Gasteiger partial charge in [-0.1, -0.05) is 31.2 Å². The van der Waals surface area contributed by atoms with E-state index < -0.39 is 17.4 Å². The van der Waals surface area contributed by atoms with Gasteiger partial charge in [-0.15, -0.1) is 0 Å². The average Bonchev–Trinajstić information content (AvgIpc) is 3.22. The number of anilines is 1. The van der Waals surface area contributed by atoms with Crippen LogP contribution in [-0.4, -0.2) is 37.2 Å². The first-order chi connectivity index (χ1) is 11.1. The Morgan fingerprint density at radius 2 is 2.13 bits per heavy atom. The molecule has 120 valence electrons. The van der Waals surface area contributed by atoms with Crippen molar-refractivity contribution < 1.29 is 19.1 Å². The minimum atomic E-state index is -0.690. The molecule has 0 saturated carbocycles. The summed E-state index contributed by atoms with van der Waals surface area (Å²) in [5, 5.41) is 0. The number of aryl methyl sites for hydroxylation is 1. The second kappa shape index (κ2) is 4.93. The van der Waals surface area contributed by atoms with Crippen LogP contribution < -0.4 is 4.90 Å². The Bertz CT molecular complexity index is 695. The molecule has 1 unspecified atom stereocenters. The molecule has 3 heterocycles. The maximum atomic E-state index is 13.0. The van der Waals surface area contributed by atoms with Gasteiger partial charge in [-0.3, -0.25) is 9.59 Å². The number of rotatable bonds is 3. The van der Waals surface area contributed by atoms with Crippen molar-refractivity contribution in [1.82, 2.24) is 0 Å². The van der Waals surface area contributed by atoms with Gasteiger partial charge in [0.1, 0.15) is 11.5 Å². The number of nitrogens with zero attached hydrogens (tertiary/aromatic N) is 1. The molecule has 3 aliphatic rings. The Morgan fingerprint density at radius 1 is 1.39 bits per heavy atom. The largest absolute Gasteiger partial charge is 0.469 e. The highest BCUT2D eigenvalue weighted by Crippen LogP contribution is 2.52. The van der Waals surface area contributed by atoms with Crippen LogP contribution in [0.15, 0.2) is 36.4 Å². The fourth-order valence-corrected chi connectivity index (χ4v) is 4.03. The summed E-state index contributed by atoms with van der Waals surface area (Å²) in [5.41, 5.74) is 1.38. The number of hydrogen-bond donors (Lipinski definition) is 0. The number of fused-ring (bicyclic) bond motifs is 1. The van der Waals surface area contributed by atoms with E-state index >= 15 is 0 Å². The zero-order valence-electron chi connectivity index (χ0n) is 13.2. The van der Waals surface area contributed by atoms with Gasteiger partial charge in [0.05, 0.1) is 25.7 Å². The van der Waals surface area contributed by atoms with Gasteiger partial charge in [-0.25, -0.2) is 0 Å². The molecule has 1 aromatic carbocycles. The molecule has 0 N–H and O–H groups in total. The number of ether oxygens (including phenoxy) is 2. The van der Waals surface area contributed by atoms with E-state index in [9.17, 15) is 9.59 Å². The summed E-state index contributed by atoms with van der Waals surface area (Å²) in [4.78, 5) is 26.8. The minimum Gasteiger partial charge on any atom is -0.469 e. The van der Waals surface area contributed by atoms with Crippen LogP contribution in [0, 0.1) is 11.8 Å². The van der Waals surface area contributed by atoms with E-state index in [0.717, 1.165) is 12.1 Å². The van der Waals surface area contributed by atoms with E-state index in [1.807, 2.05) is 36.4 Å². The van der Waals surface area contributed by atoms with Crippen LogP contribution in [0.4, 0.5) is 5.69 Å². The van der Waals surface area contributed by atoms with Crippen LogP contribution in [0.5, 0.6) is 0 Å². The number of carbonyl (C=O) groups excluding carboxylic acids is 2. The molecule has 2 fully saturated rings. The molecule has 23 heavy (non-hydrogen) atoms. The van der Waals surface area contributed by atoms with Gasteiger partial charge < -0.3 is 14.4 Å². The highest BCUT2D eigenvalue weighted by atomic mass is 16.5. The molecular formula is C18H19NO4. The van der Waals surface area contributed by atoms with Gasteiger partial charge in [-0.05, 0) is 24.1 Å². The second-order valence-electron chi connectivity index (χ2n) is 6.37. The first-order valence-electron chi connectivity index (χ1n) is 7.95. The number of benzene rings is 1. The zero-order chi connectivity index (χ0) is 16.2. The Kier molecular flexibility index (Phi) is 3.10. The first-order valence-corrected chi connectivity index (χ1v) is 7.95. The maximum Gasteiger partial charge on any atom is 0.312 e. The number of methoxy groups -OCH3 is 1. The minimum absolute atomic E-state index is 0.0588. The van der Waals surface area contributed by atoms with Crippen molar-refractivity contribution in [3.05, 3.63) is 42.0 Å². The molecule has 5 heteroatoms. The van der Waals surface area contributed by atoms with Crippen LogP contribution in [-0.2, 0) is 25.5 Å². The molecule has 4 atom stereocenters. The Morgan fingerprint density at radius 3 is 2.78 bits per heavy atom. The summed E-state index contributed by atoms with van der Waals surface area (Å²) in [6, 6.07) is 7.97. The van der Waals surface area contributed by atoms with E-state index in [2.05, 4.69) is 6.92 Å². The van der Waals surface area contributed by atoms with E-state index in [1.54, 1.807) is 4.90 Å². The number of hydrogen-bond acceptors (Lipinski definition) is 4. The molecule has 2 saturated heterocycles. The Balaban J connectivity index is 1.68. The third kappa shape index (κ3) is 1.89. The topological polar surface area (TPSA) is 55.8 Å². The van der Waals surface area contributed by atoms with E-state index in [-0.39, 0.29) is 18.0 Å². The van der Waals surface area contributed by atoms with Crippen molar-refractivity contribution in [3.8, 4) is 0 Å². The fourth-order valence-electron chi connectivity index (χ4n) is 4.03. The lowest BCUT2D eigenvalue weighted by Crippen LogP contribution is -2.39. The fraction of sp³-hybridized carbons (Fsp3) is 0.444. The predicted molar refractivity (Wildman–Crippen MR) is 83.9 cm³/mol. The normalized spacial score (nSPS) is 34.1. The van der Waals surface area contributed by atoms with E-state index in [4.69, 9.17) is 9.47 Å². The van der Waals surface area contributed by atoms with Crippen molar-refractivity contribution in [1.29, 1.82) is 0 Å². The van der Waals surface area contributed by atoms with Gasteiger partial charge in [-0.2, -0.15) is 0 Å². The summed E-state index contributed by atoms with van der Waals surface area (Å²) in [6.45, 7) is 2.54. The van der Waals surface area contributed by atoms with Crippen molar-refractivity contribution in [2.45, 2.75) is 25.0 Å². The van der Waals surface area contributed by atoms with Gasteiger partial charge in [0.2, 0.25) is 5.91 Å². The molecule has 3 aliphatic heterocycles. The Hall–Kier alpha value is -2.14. The summed E-state index contributed by atoms with van der Waals surface area (Å²) < 4.78 is 10.9. The van der Waals surface area contributed by atoms with Gasteiger partial charge in [0.25, 0.3) is 0 Å². The molecular weight excluding hydrogens is 294 g/mol. The summed E-state index contributed by atoms with van der Waals surface area (Å²) in [5.74, 6) is -1.47. The lowest BCUT2D eigenvalue weighted by atomic mass is 9.77. The lowest BCUT2D eigenvalue weighted by molar-refractivity contribution is -0.149. The quantitative estimate of drug-likeness (QED) is 0.630. The van der Waals surface area contributed by atoms with Gasteiger partial charge >= 0.3 is 5.97 Å². The van der Waals surface area contributed by atoms with Crippen LogP contribution in [0.3, 0.4) is 0 Å². The molecule has 1 aromatic rings. The number of carbonyl (C=O) groups is 2. The average molecular weight is 313 g/mol. The van der Waals surface area contributed by atoms with Crippen molar-refractivity contribution >= 4 is 17.6 Å². The highest BCUT2D eigenvalue weighted by Gasteiger charge is 2.67. The zero-order valence-corrected chi connectivity index (χ0v) is 13.2. The first kappa shape index (κ1) is 14.5. The standard InChI is InChI=1S/C18H19NO4/c1-3-11-4-6-12(7-5-11)19-10-18-9-8-13(23-18)14(17(21)22-2)15(18)16(19)20/h4-9,13-15H,3,10H2,1-2H3/t13-,14?,15+,18-/m1/s1. The van der Waals surface area contributed by atoms with Crippen molar-refractivity contribution in [2.24, 2.45) is 11.8 Å². The molecule has 5 nitrogen and oxygen atoms in total. The van der Waals surface area contributed by atoms with Crippen molar-refractivity contribution in [2.75, 3.05) is 18.6 Å². The summed E-state index contributed by atoms with van der Waals surface area (Å²) in [6.07, 6.45) is 4.44. The lowest BCUT2D eigenvalue weighted by Gasteiger charge is -2.22. The molecule has 0 aromatic heterocycles. The van der Waals surface area contributed by atoms with Gasteiger partial charge in [0.15, 0.2) is 0 Å². The molecule has 0 aliphatic carbocycles. The van der Waals surface area contributed by atoms with Crippen LogP contribution in [0.25, 0.3) is 0 Å². The molecule has 1 spiro atoms. The van der Waals surface area contributed by atoms with Gasteiger partial charge in [0, 0.05) is 5.69 Å². The monoisotopic (exact) mass is 313 g/mol. The van der Waals surface area contributed by atoms with Crippen molar-refractivity contribution in [3.63, 3.8) is 0 Å². The highest BCUT2D eigenvalue weighted by molar-refractivity contribution is 6.02. The van der Waals surface area contributed by atoms with Crippen LogP contribution in [0.1, 0.15) is 12.5 Å². The van der Waals surface area contributed by atoms with Crippen LogP contribution >= 0.6 is 0 Å². The van der Waals surface area contributed by atoms with E-state index in [0.29, 0.717) is 6.54 Å². The van der Waals surface area contributed by atoms with Crippen LogP contribution in [0.2, 0.25) is 0 Å². The second-order valence-corrected chi connectivity index (χ2v) is 6.37. The molecule has 0 radical (unpaired) electrons. The molecule has 1 amide bonds.